The maximum Gasteiger partial charge on any atom is 0.163 e. The third-order valence-corrected chi connectivity index (χ3v) is 6.23. The zero-order valence-corrected chi connectivity index (χ0v) is 15.2. The Labute approximate surface area is 140 Å². The maximum atomic E-state index is 13.0. The van der Waals surface area contributed by atoms with Gasteiger partial charge in [-0.15, -0.1) is 0 Å². The molecule has 1 fully saturated rings. The molecule has 0 bridgehead atoms. The van der Waals surface area contributed by atoms with Gasteiger partial charge in [0.1, 0.15) is 5.75 Å². The number of hydrogen-bond acceptors (Lipinski definition) is 2. The lowest BCUT2D eigenvalue weighted by Gasteiger charge is -2.43. The molecule has 23 heavy (non-hydrogen) atoms. The molecule has 0 radical (unpaired) electrons. The number of rotatable bonds is 2. The van der Waals surface area contributed by atoms with E-state index in [0.717, 1.165) is 23.3 Å². The highest BCUT2D eigenvalue weighted by atomic mass is 16.5. The third kappa shape index (κ3) is 2.93. The molecule has 2 nitrogen and oxygen atoms in total. The average molecular weight is 314 g/mol. The number of ketones is 1. The number of carbonyl (C=O) groups excluding carboxylic acids is 1. The van der Waals surface area contributed by atoms with Gasteiger partial charge in [0.15, 0.2) is 5.78 Å². The van der Waals surface area contributed by atoms with E-state index in [1.54, 1.807) is 7.11 Å². The van der Waals surface area contributed by atoms with Crippen molar-refractivity contribution in [1.29, 1.82) is 0 Å². The fraction of sp³-hybridized carbons (Fsp3) is 0.667. The lowest BCUT2D eigenvalue weighted by molar-refractivity contribution is 0.0602. The van der Waals surface area contributed by atoms with Crippen LogP contribution < -0.4 is 4.74 Å². The van der Waals surface area contributed by atoms with Gasteiger partial charge in [-0.1, -0.05) is 34.1 Å². The van der Waals surface area contributed by atoms with Crippen LogP contribution in [0.4, 0.5) is 0 Å². The number of benzene rings is 1. The summed E-state index contributed by atoms with van der Waals surface area (Å²) < 4.78 is 5.61. The number of hydrogen-bond donors (Lipinski definition) is 0. The highest BCUT2D eigenvalue weighted by molar-refractivity contribution is 5.98. The molecule has 2 aliphatic carbocycles. The number of ether oxygens (including phenoxy) is 1. The number of carbonyl (C=O) groups is 1. The highest BCUT2D eigenvalue weighted by Gasteiger charge is 2.42. The van der Waals surface area contributed by atoms with Gasteiger partial charge in [-0.2, -0.15) is 0 Å². The fourth-order valence-corrected chi connectivity index (χ4v) is 4.82. The van der Waals surface area contributed by atoms with Crippen LogP contribution in [0.3, 0.4) is 0 Å². The van der Waals surface area contributed by atoms with Crippen LogP contribution in [0.15, 0.2) is 12.1 Å². The van der Waals surface area contributed by atoms with Gasteiger partial charge >= 0.3 is 0 Å². The van der Waals surface area contributed by atoms with Gasteiger partial charge in [0.25, 0.3) is 0 Å². The second kappa shape index (κ2) is 5.96. The fourth-order valence-electron chi connectivity index (χ4n) is 4.82. The van der Waals surface area contributed by atoms with Crippen LogP contribution >= 0.6 is 0 Å². The number of fused-ring (bicyclic) bond motifs is 2. The van der Waals surface area contributed by atoms with Crippen LogP contribution in [0.25, 0.3) is 0 Å². The van der Waals surface area contributed by atoms with Crippen molar-refractivity contribution in [1.82, 2.24) is 0 Å². The quantitative estimate of drug-likeness (QED) is 0.731. The smallest absolute Gasteiger partial charge is 0.163 e. The first-order chi connectivity index (χ1) is 10.8. The van der Waals surface area contributed by atoms with E-state index in [-0.39, 0.29) is 5.41 Å². The Bertz CT molecular complexity index is 613. The molecule has 0 spiro atoms. The molecule has 3 rings (SSSR count). The molecular weight excluding hydrogens is 284 g/mol. The van der Waals surface area contributed by atoms with Gasteiger partial charge in [0.05, 0.1) is 7.11 Å². The molecule has 0 saturated heterocycles. The summed E-state index contributed by atoms with van der Waals surface area (Å²) in [5.74, 6) is 2.81. The lowest BCUT2D eigenvalue weighted by atomic mass is 9.62. The lowest BCUT2D eigenvalue weighted by Crippen LogP contribution is -2.36. The van der Waals surface area contributed by atoms with Gasteiger partial charge in [-0.05, 0) is 65.7 Å². The Morgan fingerprint density at radius 2 is 1.96 bits per heavy atom. The van der Waals surface area contributed by atoms with Crippen molar-refractivity contribution in [3.8, 4) is 5.75 Å². The van der Waals surface area contributed by atoms with E-state index in [0.29, 0.717) is 30.0 Å². The summed E-state index contributed by atoms with van der Waals surface area (Å²) in [5.41, 5.74) is 3.61. The molecule has 1 saturated carbocycles. The second-order valence-corrected chi connectivity index (χ2v) is 8.48. The Kier molecular flexibility index (Phi) is 4.29. The number of Topliss-reactive ketones (excluding diaryl/α,β-unsaturated/α-hetero) is 1. The topological polar surface area (TPSA) is 26.3 Å². The number of methoxy groups -OCH3 is 1. The first-order valence-electron chi connectivity index (χ1n) is 9.07. The normalized spacial score (nSPS) is 26.4. The monoisotopic (exact) mass is 314 g/mol. The summed E-state index contributed by atoms with van der Waals surface area (Å²) in [6.07, 6.45) is 5.55. The summed E-state index contributed by atoms with van der Waals surface area (Å²) in [6.45, 7) is 9.03. The van der Waals surface area contributed by atoms with Crippen molar-refractivity contribution < 1.29 is 9.53 Å². The molecule has 126 valence electrons. The minimum absolute atomic E-state index is 0.283. The summed E-state index contributed by atoms with van der Waals surface area (Å²) in [7, 11) is 1.73. The van der Waals surface area contributed by atoms with Crippen LogP contribution in [-0.2, 0) is 6.42 Å². The van der Waals surface area contributed by atoms with Crippen LogP contribution in [-0.4, -0.2) is 12.9 Å². The zero-order chi connectivity index (χ0) is 16.8. The molecular formula is C21H30O2. The molecule has 0 aliphatic heterocycles. The van der Waals surface area contributed by atoms with Crippen molar-refractivity contribution in [2.45, 2.75) is 65.7 Å². The average Bonchev–Trinajstić information content (AvgIpc) is 2.63. The van der Waals surface area contributed by atoms with Crippen molar-refractivity contribution >= 4 is 5.78 Å². The van der Waals surface area contributed by atoms with Crippen LogP contribution in [0.5, 0.6) is 5.75 Å². The van der Waals surface area contributed by atoms with Gasteiger partial charge < -0.3 is 4.74 Å². The van der Waals surface area contributed by atoms with E-state index in [2.05, 4.69) is 39.8 Å². The molecule has 0 amide bonds. The maximum absolute atomic E-state index is 13.0. The van der Waals surface area contributed by atoms with E-state index in [9.17, 15) is 4.79 Å². The van der Waals surface area contributed by atoms with E-state index in [1.807, 2.05) is 0 Å². The molecule has 0 N–H and O–H groups in total. The molecule has 1 aromatic carbocycles. The van der Waals surface area contributed by atoms with Crippen molar-refractivity contribution in [3.63, 3.8) is 0 Å². The van der Waals surface area contributed by atoms with Crippen molar-refractivity contribution in [3.05, 3.63) is 28.8 Å². The summed E-state index contributed by atoms with van der Waals surface area (Å²) >= 11 is 0. The minimum atomic E-state index is 0.283. The van der Waals surface area contributed by atoms with Crippen LogP contribution in [0.1, 0.15) is 80.8 Å². The van der Waals surface area contributed by atoms with E-state index >= 15 is 0 Å². The Balaban J connectivity index is 2.05. The minimum Gasteiger partial charge on any atom is -0.496 e. The van der Waals surface area contributed by atoms with E-state index in [4.69, 9.17) is 4.74 Å². The van der Waals surface area contributed by atoms with Gasteiger partial charge in [-0.25, -0.2) is 0 Å². The largest absolute Gasteiger partial charge is 0.496 e. The van der Waals surface area contributed by atoms with Crippen LogP contribution in [0, 0.1) is 17.3 Å². The summed E-state index contributed by atoms with van der Waals surface area (Å²) in [5, 5.41) is 0. The molecule has 0 aromatic heterocycles. The highest BCUT2D eigenvalue weighted by Crippen LogP contribution is 2.49. The predicted octanol–water partition coefficient (Wildman–Crippen LogP) is 5.39. The third-order valence-electron chi connectivity index (χ3n) is 6.23. The Hall–Kier alpha value is -1.31. The van der Waals surface area contributed by atoms with E-state index in [1.165, 1.54) is 24.8 Å². The van der Waals surface area contributed by atoms with Crippen molar-refractivity contribution in [2.24, 2.45) is 17.3 Å². The molecule has 2 atom stereocenters. The van der Waals surface area contributed by atoms with Gasteiger partial charge in [0, 0.05) is 12.0 Å². The molecule has 0 unspecified atom stereocenters. The molecule has 0 heterocycles. The zero-order valence-electron chi connectivity index (χ0n) is 15.2. The van der Waals surface area contributed by atoms with Crippen LogP contribution in [0.2, 0.25) is 0 Å². The predicted molar refractivity (Wildman–Crippen MR) is 94.3 cm³/mol. The van der Waals surface area contributed by atoms with E-state index < -0.39 is 0 Å². The standard InChI is InChI=1S/C21H30O2/c1-13(2)16-11-17-15(10-20(16)23-5)9-14-7-6-8-21(3,4)18(14)12-19(17)22/h10-11,13-14,18H,6-9,12H2,1-5H3/t14-,18+/m0/s1. The van der Waals surface area contributed by atoms with Crippen molar-refractivity contribution in [2.75, 3.05) is 7.11 Å². The first-order valence-corrected chi connectivity index (χ1v) is 9.07. The first kappa shape index (κ1) is 16.5. The summed E-state index contributed by atoms with van der Waals surface area (Å²) in [6, 6.07) is 4.26. The second-order valence-electron chi connectivity index (χ2n) is 8.48. The molecule has 1 aromatic rings. The SMILES string of the molecule is COc1cc2c(cc1C(C)C)C(=O)C[C@@H]1[C@@H](CCCC1(C)C)C2. The van der Waals surface area contributed by atoms with Gasteiger partial charge in [-0.3, -0.25) is 4.79 Å². The Morgan fingerprint density at radius 3 is 2.61 bits per heavy atom. The van der Waals surface area contributed by atoms with Gasteiger partial charge in [0.2, 0.25) is 0 Å². The molecule has 2 aliphatic rings. The summed E-state index contributed by atoms with van der Waals surface area (Å²) in [4.78, 5) is 13.0. The molecule has 2 heteroatoms. The Morgan fingerprint density at radius 1 is 1.22 bits per heavy atom.